The fourth-order valence-corrected chi connectivity index (χ4v) is 2.24. The third kappa shape index (κ3) is 2.45. The van der Waals surface area contributed by atoms with Gasteiger partial charge in [0.25, 0.3) is 0 Å². The van der Waals surface area contributed by atoms with Gasteiger partial charge in [0.1, 0.15) is 5.75 Å². The third-order valence-corrected chi connectivity index (χ3v) is 3.16. The van der Waals surface area contributed by atoms with Gasteiger partial charge in [0.15, 0.2) is 0 Å². The molecule has 0 amide bonds. The lowest BCUT2D eigenvalue weighted by atomic mass is 10.3. The van der Waals surface area contributed by atoms with Crippen molar-refractivity contribution in [1.29, 1.82) is 0 Å². The zero-order valence-corrected chi connectivity index (χ0v) is 10.2. The number of hydrogen-bond donors (Lipinski definition) is 0. The highest BCUT2D eigenvalue weighted by Gasteiger charge is 2.13. The number of nitrogens with zero attached hydrogens (tertiary/aromatic N) is 2. The number of benzene rings is 1. The molecule has 0 unspecified atom stereocenters. The van der Waals surface area contributed by atoms with Crippen LogP contribution in [0, 0.1) is 0 Å². The summed E-state index contributed by atoms with van der Waals surface area (Å²) in [5.74, 6) is 1.48. The van der Waals surface area contributed by atoms with Crippen LogP contribution in [0.4, 0.5) is 5.69 Å². The molecule has 1 saturated heterocycles. The van der Waals surface area contributed by atoms with Crippen molar-refractivity contribution in [3.05, 3.63) is 48.7 Å². The molecule has 0 spiro atoms. The molecule has 2 heterocycles. The Morgan fingerprint density at radius 2 is 1.78 bits per heavy atom. The van der Waals surface area contributed by atoms with Gasteiger partial charge in [-0.05, 0) is 31.0 Å². The smallest absolute Gasteiger partial charge is 0.221 e. The summed E-state index contributed by atoms with van der Waals surface area (Å²) >= 11 is 0. The molecule has 1 aromatic carbocycles. The molecule has 1 aliphatic heterocycles. The molecule has 3 nitrogen and oxygen atoms in total. The van der Waals surface area contributed by atoms with E-state index in [2.05, 4.69) is 9.88 Å². The molecular weight excluding hydrogens is 224 g/mol. The molecule has 0 bridgehead atoms. The zero-order valence-electron chi connectivity index (χ0n) is 10.2. The van der Waals surface area contributed by atoms with Crippen LogP contribution in [0.1, 0.15) is 12.8 Å². The van der Waals surface area contributed by atoms with E-state index < -0.39 is 0 Å². The summed E-state index contributed by atoms with van der Waals surface area (Å²) < 4.78 is 5.74. The standard InChI is InChI=1S/C15H16N2O/c1-2-6-14(7-3-1)18-15-12-13(8-9-16-15)17-10-4-5-11-17/h1-3,6-9,12H,4-5,10-11H2. The Bertz CT molecular complexity index is 507. The van der Waals surface area contributed by atoms with Gasteiger partial charge >= 0.3 is 0 Å². The maximum Gasteiger partial charge on any atom is 0.221 e. The van der Waals surface area contributed by atoms with Gasteiger partial charge in [0.2, 0.25) is 5.88 Å². The second kappa shape index (κ2) is 5.08. The van der Waals surface area contributed by atoms with Crippen molar-refractivity contribution in [3.63, 3.8) is 0 Å². The number of hydrogen-bond acceptors (Lipinski definition) is 3. The van der Waals surface area contributed by atoms with Crippen molar-refractivity contribution in [1.82, 2.24) is 4.98 Å². The Morgan fingerprint density at radius 3 is 2.56 bits per heavy atom. The Balaban J connectivity index is 1.78. The zero-order chi connectivity index (χ0) is 12.2. The average Bonchev–Trinajstić information content (AvgIpc) is 2.94. The van der Waals surface area contributed by atoms with E-state index in [4.69, 9.17) is 4.74 Å². The van der Waals surface area contributed by atoms with E-state index in [9.17, 15) is 0 Å². The molecular formula is C15H16N2O. The summed E-state index contributed by atoms with van der Waals surface area (Å²) in [6.45, 7) is 2.27. The lowest BCUT2D eigenvalue weighted by Crippen LogP contribution is -2.17. The van der Waals surface area contributed by atoms with E-state index in [1.54, 1.807) is 0 Å². The van der Waals surface area contributed by atoms with Crippen molar-refractivity contribution >= 4 is 5.69 Å². The molecule has 3 heteroatoms. The number of anilines is 1. The van der Waals surface area contributed by atoms with Gasteiger partial charge in [0, 0.05) is 31.0 Å². The quantitative estimate of drug-likeness (QED) is 0.821. The molecule has 1 aliphatic rings. The third-order valence-electron chi connectivity index (χ3n) is 3.16. The van der Waals surface area contributed by atoms with Crippen molar-refractivity contribution < 1.29 is 4.74 Å². The van der Waals surface area contributed by atoms with E-state index in [0.29, 0.717) is 5.88 Å². The molecule has 3 rings (SSSR count). The predicted molar refractivity (Wildman–Crippen MR) is 72.2 cm³/mol. The Hall–Kier alpha value is -2.03. The van der Waals surface area contributed by atoms with Crippen LogP contribution in [-0.4, -0.2) is 18.1 Å². The summed E-state index contributed by atoms with van der Waals surface area (Å²) in [5, 5.41) is 0. The minimum atomic E-state index is 0.658. The summed E-state index contributed by atoms with van der Waals surface area (Å²) in [7, 11) is 0. The second-order valence-corrected chi connectivity index (χ2v) is 4.46. The first-order valence-corrected chi connectivity index (χ1v) is 6.36. The summed E-state index contributed by atoms with van der Waals surface area (Å²) in [6, 6.07) is 13.8. The van der Waals surface area contributed by atoms with Crippen LogP contribution in [0.2, 0.25) is 0 Å². The lowest BCUT2D eigenvalue weighted by Gasteiger charge is -2.17. The average molecular weight is 240 g/mol. The summed E-state index contributed by atoms with van der Waals surface area (Å²) in [6.07, 6.45) is 4.36. The Kier molecular flexibility index (Phi) is 3.13. The van der Waals surface area contributed by atoms with Crippen molar-refractivity contribution in [3.8, 4) is 11.6 Å². The maximum atomic E-state index is 5.74. The molecule has 0 radical (unpaired) electrons. The van der Waals surface area contributed by atoms with Crippen LogP contribution < -0.4 is 9.64 Å². The van der Waals surface area contributed by atoms with E-state index in [1.165, 1.54) is 18.5 Å². The first-order valence-electron chi connectivity index (χ1n) is 6.36. The fraction of sp³-hybridized carbons (Fsp3) is 0.267. The van der Waals surface area contributed by atoms with E-state index in [1.807, 2.05) is 48.7 Å². The second-order valence-electron chi connectivity index (χ2n) is 4.46. The van der Waals surface area contributed by atoms with Gasteiger partial charge in [-0.15, -0.1) is 0 Å². The molecule has 0 aliphatic carbocycles. The molecule has 18 heavy (non-hydrogen) atoms. The van der Waals surface area contributed by atoms with Gasteiger partial charge in [-0.25, -0.2) is 4.98 Å². The molecule has 0 N–H and O–H groups in total. The van der Waals surface area contributed by atoms with Gasteiger partial charge in [-0.3, -0.25) is 0 Å². The van der Waals surface area contributed by atoms with Crippen LogP contribution in [0.5, 0.6) is 11.6 Å². The Labute approximate surface area is 107 Å². The number of pyridine rings is 1. The topological polar surface area (TPSA) is 25.4 Å². The van der Waals surface area contributed by atoms with Crippen molar-refractivity contribution in [2.24, 2.45) is 0 Å². The predicted octanol–water partition coefficient (Wildman–Crippen LogP) is 3.47. The van der Waals surface area contributed by atoms with Crippen LogP contribution in [-0.2, 0) is 0 Å². The highest BCUT2D eigenvalue weighted by Crippen LogP contribution is 2.25. The van der Waals surface area contributed by atoms with Gasteiger partial charge < -0.3 is 9.64 Å². The minimum absolute atomic E-state index is 0.658. The molecule has 0 atom stereocenters. The number of rotatable bonds is 3. The summed E-state index contributed by atoms with van der Waals surface area (Å²) in [5.41, 5.74) is 1.20. The highest BCUT2D eigenvalue weighted by molar-refractivity contribution is 5.49. The summed E-state index contributed by atoms with van der Waals surface area (Å²) in [4.78, 5) is 6.63. The Morgan fingerprint density at radius 1 is 1.00 bits per heavy atom. The maximum absolute atomic E-state index is 5.74. The van der Waals surface area contributed by atoms with Crippen LogP contribution >= 0.6 is 0 Å². The largest absolute Gasteiger partial charge is 0.439 e. The van der Waals surface area contributed by atoms with E-state index in [0.717, 1.165) is 18.8 Å². The van der Waals surface area contributed by atoms with E-state index >= 15 is 0 Å². The number of ether oxygens (including phenoxy) is 1. The molecule has 1 fully saturated rings. The van der Waals surface area contributed by atoms with Crippen molar-refractivity contribution in [2.45, 2.75) is 12.8 Å². The molecule has 92 valence electrons. The number of aromatic nitrogens is 1. The van der Waals surface area contributed by atoms with Gasteiger partial charge in [0.05, 0.1) is 0 Å². The van der Waals surface area contributed by atoms with Gasteiger partial charge in [-0.2, -0.15) is 0 Å². The number of para-hydroxylation sites is 1. The first kappa shape index (κ1) is 11.1. The molecule has 0 saturated carbocycles. The molecule has 1 aromatic heterocycles. The van der Waals surface area contributed by atoms with Crippen LogP contribution in [0.15, 0.2) is 48.7 Å². The minimum Gasteiger partial charge on any atom is -0.439 e. The normalized spacial score (nSPS) is 14.8. The van der Waals surface area contributed by atoms with E-state index in [-0.39, 0.29) is 0 Å². The fourth-order valence-electron chi connectivity index (χ4n) is 2.24. The monoisotopic (exact) mass is 240 g/mol. The van der Waals surface area contributed by atoms with Gasteiger partial charge in [-0.1, -0.05) is 18.2 Å². The lowest BCUT2D eigenvalue weighted by molar-refractivity contribution is 0.463. The SMILES string of the molecule is c1ccc(Oc2cc(N3CCCC3)ccn2)cc1. The first-order chi connectivity index (χ1) is 8.92. The van der Waals surface area contributed by atoms with Crippen molar-refractivity contribution in [2.75, 3.05) is 18.0 Å². The molecule has 2 aromatic rings. The highest BCUT2D eigenvalue weighted by atomic mass is 16.5. The van der Waals surface area contributed by atoms with Crippen LogP contribution in [0.25, 0.3) is 0 Å². The van der Waals surface area contributed by atoms with Crippen LogP contribution in [0.3, 0.4) is 0 Å².